The van der Waals surface area contributed by atoms with Crippen LogP contribution in [0, 0.1) is 9.39 Å². The highest BCUT2D eigenvalue weighted by Gasteiger charge is 2.14. The Morgan fingerprint density at radius 2 is 2.11 bits per heavy atom. The number of ether oxygens (including phenoxy) is 1. The predicted octanol–water partition coefficient (Wildman–Crippen LogP) is 3.90. The van der Waals surface area contributed by atoms with E-state index in [9.17, 15) is 4.39 Å². The van der Waals surface area contributed by atoms with Crippen molar-refractivity contribution in [3.05, 3.63) is 33.1 Å². The van der Waals surface area contributed by atoms with Gasteiger partial charge in [0.25, 0.3) is 0 Å². The molecule has 1 rings (SSSR count). The molecule has 0 amide bonds. The minimum absolute atomic E-state index is 0.143. The van der Waals surface area contributed by atoms with Crippen molar-refractivity contribution in [2.24, 2.45) is 0 Å². The maximum Gasteiger partial charge on any atom is 0.124 e. The quantitative estimate of drug-likeness (QED) is 0.557. The number of rotatable bonds is 8. The molecule has 1 aromatic carbocycles. The van der Waals surface area contributed by atoms with Crippen LogP contribution in [0.3, 0.4) is 0 Å². The van der Waals surface area contributed by atoms with E-state index in [0.717, 1.165) is 35.1 Å². The van der Waals surface area contributed by atoms with E-state index in [1.54, 1.807) is 6.07 Å². The predicted molar refractivity (Wildman–Crippen MR) is 81.3 cm³/mol. The number of hydrogen-bond donors (Lipinski definition) is 1. The summed E-state index contributed by atoms with van der Waals surface area (Å²) in [6, 6.07) is 5.07. The summed E-state index contributed by atoms with van der Waals surface area (Å²) < 4.78 is 19.7. The van der Waals surface area contributed by atoms with E-state index in [1.165, 1.54) is 6.07 Å². The molecule has 0 bridgehead atoms. The Hall–Kier alpha value is -0.200. The van der Waals surface area contributed by atoms with Crippen LogP contribution in [0.25, 0.3) is 0 Å². The van der Waals surface area contributed by atoms with E-state index < -0.39 is 0 Å². The van der Waals surface area contributed by atoms with Gasteiger partial charge in [-0.25, -0.2) is 4.39 Å². The van der Waals surface area contributed by atoms with Gasteiger partial charge in [-0.2, -0.15) is 0 Å². The maximum atomic E-state index is 13.1. The number of hydrogen-bond acceptors (Lipinski definition) is 2. The number of nitrogens with one attached hydrogen (secondary N) is 1. The van der Waals surface area contributed by atoms with E-state index in [4.69, 9.17) is 4.74 Å². The first-order valence-electron chi connectivity index (χ1n) is 6.45. The molecule has 1 unspecified atom stereocenters. The average Bonchev–Trinajstić information content (AvgIpc) is 2.34. The Balaban J connectivity index is 2.73. The molecule has 0 radical (unpaired) electrons. The van der Waals surface area contributed by atoms with Crippen LogP contribution in [0.15, 0.2) is 18.2 Å². The summed E-state index contributed by atoms with van der Waals surface area (Å²) in [5.74, 6) is -0.188. The Morgan fingerprint density at radius 3 is 2.72 bits per heavy atom. The van der Waals surface area contributed by atoms with Gasteiger partial charge >= 0.3 is 0 Å². The average molecular weight is 365 g/mol. The van der Waals surface area contributed by atoms with Crippen molar-refractivity contribution >= 4 is 22.6 Å². The third kappa shape index (κ3) is 5.20. The van der Waals surface area contributed by atoms with Gasteiger partial charge in [-0.1, -0.05) is 19.9 Å². The fraction of sp³-hybridized carbons (Fsp3) is 0.571. The van der Waals surface area contributed by atoms with Crippen LogP contribution in [0.5, 0.6) is 0 Å². The highest BCUT2D eigenvalue weighted by Crippen LogP contribution is 2.21. The molecule has 0 saturated carbocycles. The lowest BCUT2D eigenvalue weighted by Crippen LogP contribution is -2.27. The van der Waals surface area contributed by atoms with Gasteiger partial charge in [0.05, 0.1) is 12.6 Å². The van der Waals surface area contributed by atoms with Crippen LogP contribution in [0.1, 0.15) is 38.3 Å². The zero-order valence-electron chi connectivity index (χ0n) is 11.0. The Morgan fingerprint density at radius 1 is 1.33 bits per heavy atom. The molecule has 1 aromatic rings. The molecule has 102 valence electrons. The van der Waals surface area contributed by atoms with Gasteiger partial charge in [0.2, 0.25) is 0 Å². The van der Waals surface area contributed by atoms with Crippen LogP contribution in [0.4, 0.5) is 4.39 Å². The second-order valence-corrected chi connectivity index (χ2v) is 5.41. The molecule has 18 heavy (non-hydrogen) atoms. The Kier molecular flexibility index (Phi) is 7.77. The summed E-state index contributed by atoms with van der Waals surface area (Å²) in [7, 11) is 0. The Bertz CT molecular complexity index is 360. The summed E-state index contributed by atoms with van der Waals surface area (Å²) >= 11 is 2.18. The molecule has 0 aliphatic rings. The van der Waals surface area contributed by atoms with Crippen LogP contribution in [-0.2, 0) is 4.74 Å². The minimum atomic E-state index is -0.188. The standard InChI is InChI=1S/C14H21FINO/c1-3-7-17-14(10-18-8-4-2)12-6-5-11(15)9-13(12)16/h5-6,9,14,17H,3-4,7-8,10H2,1-2H3. The van der Waals surface area contributed by atoms with Crippen molar-refractivity contribution < 1.29 is 9.13 Å². The van der Waals surface area contributed by atoms with Crippen LogP contribution in [0.2, 0.25) is 0 Å². The van der Waals surface area contributed by atoms with Crippen molar-refractivity contribution in [1.29, 1.82) is 0 Å². The third-order valence-corrected chi connectivity index (χ3v) is 3.55. The lowest BCUT2D eigenvalue weighted by molar-refractivity contribution is 0.111. The fourth-order valence-electron chi connectivity index (χ4n) is 1.71. The van der Waals surface area contributed by atoms with Gasteiger partial charge in [-0.15, -0.1) is 0 Å². The van der Waals surface area contributed by atoms with Crippen molar-refractivity contribution in [3.63, 3.8) is 0 Å². The van der Waals surface area contributed by atoms with Crippen LogP contribution >= 0.6 is 22.6 Å². The molecule has 0 heterocycles. The summed E-state index contributed by atoms with van der Waals surface area (Å²) in [4.78, 5) is 0. The lowest BCUT2D eigenvalue weighted by atomic mass is 10.1. The summed E-state index contributed by atoms with van der Waals surface area (Å²) in [6.07, 6.45) is 2.09. The van der Waals surface area contributed by atoms with Crippen molar-refractivity contribution in [1.82, 2.24) is 5.32 Å². The lowest BCUT2D eigenvalue weighted by Gasteiger charge is -2.20. The molecule has 0 spiro atoms. The van der Waals surface area contributed by atoms with Crippen LogP contribution < -0.4 is 5.32 Å². The smallest absolute Gasteiger partial charge is 0.124 e. The topological polar surface area (TPSA) is 21.3 Å². The fourth-order valence-corrected chi connectivity index (χ4v) is 2.56. The molecule has 1 N–H and O–H groups in total. The number of halogens is 2. The molecule has 2 nitrogen and oxygen atoms in total. The maximum absolute atomic E-state index is 13.1. The van der Waals surface area contributed by atoms with E-state index in [0.29, 0.717) is 6.61 Å². The van der Waals surface area contributed by atoms with Gasteiger partial charge in [-0.05, 0) is 59.7 Å². The summed E-state index contributed by atoms with van der Waals surface area (Å²) in [6.45, 7) is 6.56. The SMILES string of the molecule is CCCNC(COCCC)c1ccc(F)cc1I. The zero-order chi connectivity index (χ0) is 13.4. The first kappa shape index (κ1) is 15.9. The number of benzene rings is 1. The highest BCUT2D eigenvalue weighted by molar-refractivity contribution is 14.1. The van der Waals surface area contributed by atoms with Gasteiger partial charge < -0.3 is 10.1 Å². The van der Waals surface area contributed by atoms with E-state index in [1.807, 2.05) is 6.07 Å². The molecule has 0 fully saturated rings. The van der Waals surface area contributed by atoms with Crippen molar-refractivity contribution in [3.8, 4) is 0 Å². The second-order valence-electron chi connectivity index (χ2n) is 4.25. The molecule has 0 aliphatic heterocycles. The molecule has 0 aromatic heterocycles. The molecule has 4 heteroatoms. The van der Waals surface area contributed by atoms with Gasteiger partial charge in [0.15, 0.2) is 0 Å². The van der Waals surface area contributed by atoms with Gasteiger partial charge in [0, 0.05) is 10.2 Å². The summed E-state index contributed by atoms with van der Waals surface area (Å²) in [5, 5.41) is 3.45. The van der Waals surface area contributed by atoms with Crippen molar-refractivity contribution in [2.75, 3.05) is 19.8 Å². The third-order valence-electron chi connectivity index (χ3n) is 2.61. The van der Waals surface area contributed by atoms with E-state index >= 15 is 0 Å². The van der Waals surface area contributed by atoms with E-state index in [2.05, 4.69) is 41.8 Å². The Labute approximate surface area is 122 Å². The minimum Gasteiger partial charge on any atom is -0.379 e. The molecular formula is C14H21FINO. The van der Waals surface area contributed by atoms with Crippen molar-refractivity contribution in [2.45, 2.75) is 32.7 Å². The largest absolute Gasteiger partial charge is 0.379 e. The first-order valence-corrected chi connectivity index (χ1v) is 7.53. The summed E-state index contributed by atoms with van der Waals surface area (Å²) in [5.41, 5.74) is 1.11. The normalized spacial score (nSPS) is 12.7. The molecule has 0 aliphatic carbocycles. The zero-order valence-corrected chi connectivity index (χ0v) is 13.2. The molecular weight excluding hydrogens is 344 g/mol. The van der Waals surface area contributed by atoms with Gasteiger partial charge in [0.1, 0.15) is 5.82 Å². The molecule has 0 saturated heterocycles. The van der Waals surface area contributed by atoms with E-state index in [-0.39, 0.29) is 11.9 Å². The molecule has 1 atom stereocenters. The monoisotopic (exact) mass is 365 g/mol. The van der Waals surface area contributed by atoms with Gasteiger partial charge in [-0.3, -0.25) is 0 Å². The second kappa shape index (κ2) is 8.82. The highest BCUT2D eigenvalue weighted by atomic mass is 127. The first-order chi connectivity index (χ1) is 8.69. The van der Waals surface area contributed by atoms with Crippen LogP contribution in [-0.4, -0.2) is 19.8 Å².